The van der Waals surface area contributed by atoms with Crippen LogP contribution in [0.15, 0.2) is 48.5 Å². The summed E-state index contributed by atoms with van der Waals surface area (Å²) in [6.45, 7) is 1.90. The van der Waals surface area contributed by atoms with Crippen molar-refractivity contribution in [2.75, 3.05) is 25.0 Å². The minimum atomic E-state index is -4.38. The Morgan fingerprint density at radius 1 is 1.15 bits per heavy atom. The van der Waals surface area contributed by atoms with Crippen LogP contribution in [-0.4, -0.2) is 31.1 Å². The molecule has 1 saturated heterocycles. The van der Waals surface area contributed by atoms with Crippen LogP contribution in [0.25, 0.3) is 0 Å². The average Bonchev–Trinajstić information content (AvgIpc) is 3.05. The molecule has 3 rings (SSSR count). The summed E-state index contributed by atoms with van der Waals surface area (Å²) in [7, 11) is 2.01. The molecule has 1 aliphatic heterocycles. The van der Waals surface area contributed by atoms with Crippen LogP contribution in [0, 0.1) is 11.3 Å². The third-order valence-corrected chi connectivity index (χ3v) is 4.80. The SMILES string of the molecule is CN1CCC(N(Cc2ccccc2C(F)(F)F)c2ccc(C#N)cc2)C1. The van der Waals surface area contributed by atoms with Gasteiger partial charge in [-0.15, -0.1) is 0 Å². The fourth-order valence-electron chi connectivity index (χ4n) is 3.44. The Morgan fingerprint density at radius 3 is 2.42 bits per heavy atom. The van der Waals surface area contributed by atoms with Crippen molar-refractivity contribution < 1.29 is 13.2 Å². The summed E-state index contributed by atoms with van der Waals surface area (Å²) in [5, 5.41) is 8.98. The van der Waals surface area contributed by atoms with Crippen LogP contribution in [0.1, 0.15) is 23.1 Å². The van der Waals surface area contributed by atoms with Crippen LogP contribution in [-0.2, 0) is 12.7 Å². The normalized spacial score (nSPS) is 17.9. The standard InChI is InChI=1S/C20H20F3N3/c1-25-11-10-18(14-25)26(17-8-6-15(12-24)7-9-17)13-16-4-2-3-5-19(16)20(21,22)23/h2-9,18H,10-11,13-14H2,1H3. The first-order valence-corrected chi connectivity index (χ1v) is 8.49. The van der Waals surface area contributed by atoms with Crippen molar-refractivity contribution >= 4 is 5.69 Å². The van der Waals surface area contributed by atoms with Gasteiger partial charge in [0.2, 0.25) is 0 Å². The third-order valence-electron chi connectivity index (χ3n) is 4.80. The highest BCUT2D eigenvalue weighted by Gasteiger charge is 2.34. The van der Waals surface area contributed by atoms with Gasteiger partial charge in [0.1, 0.15) is 0 Å². The number of halogens is 3. The summed E-state index contributed by atoms with van der Waals surface area (Å²) in [6, 6.07) is 15.0. The number of nitrogens with zero attached hydrogens (tertiary/aromatic N) is 3. The van der Waals surface area contributed by atoms with E-state index in [1.807, 2.05) is 24.1 Å². The van der Waals surface area contributed by atoms with E-state index in [-0.39, 0.29) is 18.2 Å². The highest BCUT2D eigenvalue weighted by atomic mass is 19.4. The van der Waals surface area contributed by atoms with Gasteiger partial charge in [-0.1, -0.05) is 18.2 Å². The van der Waals surface area contributed by atoms with Gasteiger partial charge in [0.05, 0.1) is 17.2 Å². The summed E-state index contributed by atoms with van der Waals surface area (Å²) >= 11 is 0. The Balaban J connectivity index is 1.95. The molecule has 1 fully saturated rings. The number of rotatable bonds is 4. The molecule has 0 bridgehead atoms. The van der Waals surface area contributed by atoms with Crippen molar-refractivity contribution in [2.45, 2.75) is 25.2 Å². The van der Waals surface area contributed by atoms with E-state index >= 15 is 0 Å². The zero-order valence-electron chi connectivity index (χ0n) is 14.5. The first-order chi connectivity index (χ1) is 12.4. The lowest BCUT2D eigenvalue weighted by Gasteiger charge is -2.32. The minimum absolute atomic E-state index is 0.134. The van der Waals surface area contributed by atoms with Crippen LogP contribution in [0.3, 0.4) is 0 Å². The molecule has 0 N–H and O–H groups in total. The topological polar surface area (TPSA) is 30.3 Å². The highest BCUT2D eigenvalue weighted by molar-refractivity contribution is 5.52. The predicted molar refractivity (Wildman–Crippen MR) is 94.7 cm³/mol. The molecule has 26 heavy (non-hydrogen) atoms. The summed E-state index contributed by atoms with van der Waals surface area (Å²) in [6.07, 6.45) is -3.48. The molecule has 0 spiro atoms. The largest absolute Gasteiger partial charge is 0.416 e. The van der Waals surface area contributed by atoms with E-state index in [4.69, 9.17) is 5.26 Å². The average molecular weight is 359 g/mol. The van der Waals surface area contributed by atoms with Crippen molar-refractivity contribution in [3.8, 4) is 6.07 Å². The summed E-state index contributed by atoms with van der Waals surface area (Å²) in [5.74, 6) is 0. The van der Waals surface area contributed by atoms with E-state index in [1.165, 1.54) is 12.1 Å². The van der Waals surface area contributed by atoms with Crippen molar-refractivity contribution in [2.24, 2.45) is 0 Å². The lowest BCUT2D eigenvalue weighted by atomic mass is 10.0. The maximum Gasteiger partial charge on any atom is 0.416 e. The molecule has 6 heteroatoms. The first kappa shape index (κ1) is 18.3. The molecule has 136 valence electrons. The van der Waals surface area contributed by atoms with Crippen LogP contribution in [0.2, 0.25) is 0 Å². The molecule has 1 unspecified atom stereocenters. The van der Waals surface area contributed by atoms with Gasteiger partial charge in [-0.2, -0.15) is 18.4 Å². The number of alkyl halides is 3. The maximum atomic E-state index is 13.4. The van der Waals surface area contributed by atoms with Gasteiger partial charge in [0.25, 0.3) is 0 Å². The van der Waals surface area contributed by atoms with E-state index < -0.39 is 11.7 Å². The minimum Gasteiger partial charge on any atom is -0.363 e. The molecule has 3 nitrogen and oxygen atoms in total. The third kappa shape index (κ3) is 4.00. The fourth-order valence-corrected chi connectivity index (χ4v) is 3.44. The van der Waals surface area contributed by atoms with Crippen LogP contribution < -0.4 is 4.90 Å². The molecule has 0 saturated carbocycles. The van der Waals surface area contributed by atoms with E-state index in [0.717, 1.165) is 31.3 Å². The van der Waals surface area contributed by atoms with Gasteiger partial charge >= 0.3 is 6.18 Å². The molecule has 2 aromatic rings. The zero-order chi connectivity index (χ0) is 18.7. The summed E-state index contributed by atoms with van der Waals surface area (Å²) in [5.41, 5.74) is 1.04. The van der Waals surface area contributed by atoms with Crippen LogP contribution in [0.4, 0.5) is 18.9 Å². The second kappa shape index (κ2) is 7.38. The molecule has 1 heterocycles. The fraction of sp³-hybridized carbons (Fsp3) is 0.350. The number of hydrogen-bond donors (Lipinski definition) is 0. The van der Waals surface area contributed by atoms with E-state index in [0.29, 0.717) is 5.56 Å². The monoisotopic (exact) mass is 359 g/mol. The Hall–Kier alpha value is -2.52. The number of likely N-dealkylation sites (N-methyl/N-ethyl adjacent to an activating group) is 1. The van der Waals surface area contributed by atoms with E-state index in [2.05, 4.69) is 11.0 Å². The number of hydrogen-bond acceptors (Lipinski definition) is 3. The van der Waals surface area contributed by atoms with Gasteiger partial charge in [-0.05, 0) is 55.9 Å². The molecule has 1 atom stereocenters. The summed E-state index contributed by atoms with van der Waals surface area (Å²) in [4.78, 5) is 4.20. The molecule has 1 aliphatic rings. The number of nitriles is 1. The maximum absolute atomic E-state index is 13.4. The lowest BCUT2D eigenvalue weighted by Crippen LogP contribution is -2.37. The van der Waals surface area contributed by atoms with Crippen molar-refractivity contribution in [1.82, 2.24) is 4.90 Å². The van der Waals surface area contributed by atoms with Crippen molar-refractivity contribution in [3.63, 3.8) is 0 Å². The Labute approximate surface area is 151 Å². The van der Waals surface area contributed by atoms with Gasteiger partial charge in [-0.25, -0.2) is 0 Å². The molecule has 0 aromatic heterocycles. The smallest absolute Gasteiger partial charge is 0.363 e. The molecule has 0 amide bonds. The van der Waals surface area contributed by atoms with Crippen LogP contribution >= 0.6 is 0 Å². The second-order valence-corrected chi connectivity index (χ2v) is 6.65. The van der Waals surface area contributed by atoms with Gasteiger partial charge in [0, 0.05) is 24.8 Å². The first-order valence-electron chi connectivity index (χ1n) is 8.49. The van der Waals surface area contributed by atoms with E-state index in [9.17, 15) is 13.2 Å². The van der Waals surface area contributed by atoms with Crippen molar-refractivity contribution in [3.05, 3.63) is 65.2 Å². The molecular weight excluding hydrogens is 339 g/mol. The van der Waals surface area contributed by atoms with Gasteiger partial charge < -0.3 is 9.80 Å². The number of benzene rings is 2. The second-order valence-electron chi connectivity index (χ2n) is 6.65. The number of anilines is 1. The Kier molecular flexibility index (Phi) is 5.19. The van der Waals surface area contributed by atoms with Gasteiger partial charge in [0.15, 0.2) is 0 Å². The molecule has 0 aliphatic carbocycles. The predicted octanol–water partition coefficient (Wildman–Crippen LogP) is 4.29. The quantitative estimate of drug-likeness (QED) is 0.816. The van der Waals surface area contributed by atoms with Crippen molar-refractivity contribution in [1.29, 1.82) is 5.26 Å². The van der Waals surface area contributed by atoms with Crippen LogP contribution in [0.5, 0.6) is 0 Å². The van der Waals surface area contributed by atoms with Gasteiger partial charge in [-0.3, -0.25) is 0 Å². The lowest BCUT2D eigenvalue weighted by molar-refractivity contribution is -0.138. The summed E-state index contributed by atoms with van der Waals surface area (Å²) < 4.78 is 40.1. The number of likely N-dealkylation sites (tertiary alicyclic amines) is 1. The van der Waals surface area contributed by atoms with E-state index in [1.54, 1.807) is 18.2 Å². The molecule has 0 radical (unpaired) electrons. The zero-order valence-corrected chi connectivity index (χ0v) is 14.5. The Bertz CT molecular complexity index is 793. The molecule has 2 aromatic carbocycles. The highest BCUT2D eigenvalue weighted by Crippen LogP contribution is 2.34. The molecular formula is C20H20F3N3. The Morgan fingerprint density at radius 2 is 1.85 bits per heavy atom.